The van der Waals surface area contributed by atoms with E-state index in [1.165, 1.54) is 0 Å². The minimum absolute atomic E-state index is 0.206. The van der Waals surface area contributed by atoms with Crippen LogP contribution in [0.25, 0.3) is 22.4 Å². The summed E-state index contributed by atoms with van der Waals surface area (Å²) >= 11 is 0. The Kier molecular flexibility index (Phi) is 4.53. The van der Waals surface area contributed by atoms with Crippen LogP contribution >= 0.6 is 0 Å². The molecule has 0 saturated carbocycles. The number of rotatable bonds is 5. The lowest BCUT2D eigenvalue weighted by atomic mass is 9.98. The maximum absolute atomic E-state index is 9.56. The second-order valence-electron chi connectivity index (χ2n) is 5.59. The molecule has 5 heteroatoms. The fraction of sp³-hybridized carbons (Fsp3) is 0.100. The first-order chi connectivity index (χ1) is 12.1. The van der Waals surface area contributed by atoms with Gasteiger partial charge in [0, 0.05) is 36.1 Å². The Morgan fingerprint density at radius 2 is 2.12 bits per heavy atom. The number of nitrogens with zero attached hydrogens (tertiary/aromatic N) is 3. The molecule has 0 radical (unpaired) electrons. The molecule has 2 N–H and O–H groups in total. The Balaban J connectivity index is 2.20. The van der Waals surface area contributed by atoms with Crippen molar-refractivity contribution in [3.05, 3.63) is 67.0 Å². The van der Waals surface area contributed by atoms with Gasteiger partial charge < -0.3 is 15.0 Å². The Hall–Kier alpha value is -3.52. The van der Waals surface area contributed by atoms with E-state index in [1.807, 2.05) is 60.4 Å². The predicted molar refractivity (Wildman–Crippen MR) is 98.9 cm³/mol. The molecule has 3 rings (SSSR count). The van der Waals surface area contributed by atoms with E-state index in [2.05, 4.69) is 17.6 Å². The molecule has 0 unspecified atom stereocenters. The lowest BCUT2D eigenvalue weighted by Crippen LogP contribution is -2.01. The van der Waals surface area contributed by atoms with Crippen molar-refractivity contribution in [3.63, 3.8) is 0 Å². The first-order valence-corrected chi connectivity index (χ1v) is 7.80. The standard InChI is InChI=1S/C20H18N4O/c1-3-10-25-19-7-5-4-6-15(19)16-11-18(14-8-9-24(2)13-14)23-20(22)17(16)12-21/h3-9,11,13H,1,10H2,2H3,(H2,22,23). The zero-order valence-corrected chi connectivity index (χ0v) is 13.9. The van der Waals surface area contributed by atoms with Crippen molar-refractivity contribution in [2.75, 3.05) is 12.3 Å². The van der Waals surface area contributed by atoms with Gasteiger partial charge in [0.05, 0.1) is 5.69 Å². The molecule has 0 spiro atoms. The zero-order chi connectivity index (χ0) is 17.8. The van der Waals surface area contributed by atoms with Gasteiger partial charge in [-0.05, 0) is 18.2 Å². The number of nitriles is 1. The van der Waals surface area contributed by atoms with Crippen LogP contribution in [0.2, 0.25) is 0 Å². The van der Waals surface area contributed by atoms with E-state index in [0.717, 1.165) is 11.1 Å². The highest BCUT2D eigenvalue weighted by molar-refractivity contribution is 5.82. The summed E-state index contributed by atoms with van der Waals surface area (Å²) in [4.78, 5) is 4.39. The number of anilines is 1. The average Bonchev–Trinajstić information content (AvgIpc) is 3.06. The Morgan fingerprint density at radius 1 is 1.32 bits per heavy atom. The van der Waals surface area contributed by atoms with Gasteiger partial charge in [-0.15, -0.1) is 0 Å². The van der Waals surface area contributed by atoms with Gasteiger partial charge in [-0.3, -0.25) is 0 Å². The van der Waals surface area contributed by atoms with Gasteiger partial charge in [0.25, 0.3) is 0 Å². The molecule has 2 aromatic heterocycles. The highest BCUT2D eigenvalue weighted by atomic mass is 16.5. The summed E-state index contributed by atoms with van der Waals surface area (Å²) in [6, 6.07) is 13.5. The molecule has 1 aromatic carbocycles. The second kappa shape index (κ2) is 6.93. The van der Waals surface area contributed by atoms with E-state index in [9.17, 15) is 5.26 Å². The minimum Gasteiger partial charge on any atom is -0.489 e. The lowest BCUT2D eigenvalue weighted by Gasteiger charge is -2.13. The zero-order valence-electron chi connectivity index (χ0n) is 13.9. The minimum atomic E-state index is 0.206. The van der Waals surface area contributed by atoms with E-state index in [4.69, 9.17) is 10.5 Å². The summed E-state index contributed by atoms with van der Waals surface area (Å²) in [7, 11) is 1.94. The molecule has 0 saturated heterocycles. The molecule has 0 atom stereocenters. The average molecular weight is 330 g/mol. The third kappa shape index (κ3) is 3.24. The monoisotopic (exact) mass is 330 g/mol. The SMILES string of the molecule is C=CCOc1ccccc1-c1cc(-c2ccn(C)c2)nc(N)c1C#N. The molecule has 0 bridgehead atoms. The molecule has 3 aromatic rings. The highest BCUT2D eigenvalue weighted by Crippen LogP contribution is 2.36. The van der Waals surface area contributed by atoms with Gasteiger partial charge in [-0.1, -0.05) is 30.9 Å². The number of para-hydroxylation sites is 1. The fourth-order valence-corrected chi connectivity index (χ4v) is 2.66. The van der Waals surface area contributed by atoms with Crippen molar-refractivity contribution in [1.82, 2.24) is 9.55 Å². The summed E-state index contributed by atoms with van der Waals surface area (Å²) in [5, 5.41) is 9.56. The number of benzene rings is 1. The Bertz CT molecular complexity index is 966. The smallest absolute Gasteiger partial charge is 0.142 e. The first-order valence-electron chi connectivity index (χ1n) is 7.80. The second-order valence-corrected chi connectivity index (χ2v) is 5.59. The number of hydrogen-bond donors (Lipinski definition) is 1. The molecule has 0 aliphatic carbocycles. The third-order valence-corrected chi connectivity index (χ3v) is 3.82. The molecule has 0 aliphatic rings. The molecular formula is C20H18N4O. The Labute approximate surface area is 146 Å². The van der Waals surface area contributed by atoms with E-state index in [1.54, 1.807) is 6.08 Å². The van der Waals surface area contributed by atoms with Crippen LogP contribution in [0.3, 0.4) is 0 Å². The molecule has 0 aliphatic heterocycles. The molecule has 0 fully saturated rings. The normalized spacial score (nSPS) is 10.2. The molecular weight excluding hydrogens is 312 g/mol. The number of nitrogens with two attached hydrogens (primary N) is 1. The molecule has 124 valence electrons. The molecule has 0 amide bonds. The van der Waals surface area contributed by atoms with E-state index >= 15 is 0 Å². The number of aryl methyl sites for hydroxylation is 1. The Morgan fingerprint density at radius 3 is 2.80 bits per heavy atom. The van der Waals surface area contributed by atoms with Gasteiger partial charge in [0.2, 0.25) is 0 Å². The topological polar surface area (TPSA) is 76.9 Å². The van der Waals surface area contributed by atoms with Crippen molar-refractivity contribution in [2.24, 2.45) is 7.05 Å². The van der Waals surface area contributed by atoms with Crippen molar-refractivity contribution < 1.29 is 4.74 Å². The van der Waals surface area contributed by atoms with Crippen LogP contribution in [0.15, 0.2) is 61.4 Å². The third-order valence-electron chi connectivity index (χ3n) is 3.82. The van der Waals surface area contributed by atoms with Crippen molar-refractivity contribution >= 4 is 5.82 Å². The van der Waals surface area contributed by atoms with Crippen LogP contribution in [0.1, 0.15) is 5.56 Å². The predicted octanol–water partition coefficient (Wildman–Crippen LogP) is 3.77. The van der Waals surface area contributed by atoms with Gasteiger partial charge in [-0.25, -0.2) is 4.98 Å². The maximum atomic E-state index is 9.56. The maximum Gasteiger partial charge on any atom is 0.142 e. The number of nitrogen functional groups attached to an aromatic ring is 1. The molecule has 25 heavy (non-hydrogen) atoms. The number of aromatic nitrogens is 2. The van der Waals surface area contributed by atoms with Crippen molar-refractivity contribution in [1.29, 1.82) is 5.26 Å². The summed E-state index contributed by atoms with van der Waals surface area (Å²) in [5.74, 6) is 0.876. The lowest BCUT2D eigenvalue weighted by molar-refractivity contribution is 0.364. The van der Waals surface area contributed by atoms with Crippen LogP contribution in [0, 0.1) is 11.3 Å². The van der Waals surface area contributed by atoms with E-state index in [0.29, 0.717) is 29.2 Å². The van der Waals surface area contributed by atoms with Crippen LogP contribution in [0.4, 0.5) is 5.82 Å². The summed E-state index contributed by atoms with van der Waals surface area (Å²) in [5.41, 5.74) is 9.56. The van der Waals surface area contributed by atoms with Crippen LogP contribution in [-0.4, -0.2) is 16.2 Å². The van der Waals surface area contributed by atoms with Gasteiger partial charge in [-0.2, -0.15) is 5.26 Å². The van der Waals surface area contributed by atoms with E-state index in [-0.39, 0.29) is 5.82 Å². The summed E-state index contributed by atoms with van der Waals surface area (Å²) in [6.45, 7) is 4.05. The number of pyridine rings is 1. The summed E-state index contributed by atoms with van der Waals surface area (Å²) in [6.07, 6.45) is 5.57. The number of hydrogen-bond acceptors (Lipinski definition) is 4. The largest absolute Gasteiger partial charge is 0.489 e. The molecule has 5 nitrogen and oxygen atoms in total. The van der Waals surface area contributed by atoms with Gasteiger partial charge in [0.1, 0.15) is 29.8 Å². The van der Waals surface area contributed by atoms with Gasteiger partial charge >= 0.3 is 0 Å². The van der Waals surface area contributed by atoms with Crippen LogP contribution < -0.4 is 10.5 Å². The summed E-state index contributed by atoms with van der Waals surface area (Å²) < 4.78 is 7.67. The quantitative estimate of drug-likeness (QED) is 0.722. The molecule has 2 heterocycles. The fourth-order valence-electron chi connectivity index (χ4n) is 2.66. The van der Waals surface area contributed by atoms with E-state index < -0.39 is 0 Å². The van der Waals surface area contributed by atoms with Crippen molar-refractivity contribution in [3.8, 4) is 34.2 Å². The van der Waals surface area contributed by atoms with Gasteiger partial charge in [0.15, 0.2) is 0 Å². The van der Waals surface area contributed by atoms with Crippen LogP contribution in [0.5, 0.6) is 5.75 Å². The first kappa shape index (κ1) is 16.3. The number of ether oxygens (including phenoxy) is 1. The highest BCUT2D eigenvalue weighted by Gasteiger charge is 2.16. The van der Waals surface area contributed by atoms with Crippen LogP contribution in [-0.2, 0) is 7.05 Å². The van der Waals surface area contributed by atoms with Crippen molar-refractivity contribution in [2.45, 2.75) is 0 Å².